The van der Waals surface area contributed by atoms with Crippen LogP contribution in [0.5, 0.6) is 0 Å². The van der Waals surface area contributed by atoms with Crippen molar-refractivity contribution in [3.63, 3.8) is 0 Å². The van der Waals surface area contributed by atoms with Gasteiger partial charge >= 0.3 is 0 Å². The molecular weight excluding hydrogens is 342 g/mol. The number of carbonyl (C=O) groups is 1. The van der Waals surface area contributed by atoms with Crippen molar-refractivity contribution in [2.24, 2.45) is 5.92 Å². The molecule has 0 aliphatic heterocycles. The zero-order chi connectivity index (χ0) is 18.8. The average Bonchev–Trinajstić information content (AvgIpc) is 3.23. The van der Waals surface area contributed by atoms with Crippen LogP contribution in [0.2, 0.25) is 0 Å². The highest BCUT2D eigenvalue weighted by atomic mass is 16.3. The van der Waals surface area contributed by atoms with E-state index in [2.05, 4.69) is 10.4 Å². The molecule has 1 unspecified atom stereocenters. The van der Waals surface area contributed by atoms with Gasteiger partial charge in [-0.1, -0.05) is 17.7 Å². The second-order valence-corrected chi connectivity index (χ2v) is 7.12. The Balaban J connectivity index is 1.45. The van der Waals surface area contributed by atoms with E-state index < -0.39 is 0 Å². The van der Waals surface area contributed by atoms with Crippen molar-refractivity contribution in [1.82, 2.24) is 15.1 Å². The van der Waals surface area contributed by atoms with Crippen LogP contribution >= 0.6 is 0 Å². The number of nitrogens with zero attached hydrogens (tertiary/aromatic N) is 1. The molecule has 4 rings (SSSR count). The van der Waals surface area contributed by atoms with Crippen molar-refractivity contribution in [1.29, 1.82) is 0 Å². The Morgan fingerprint density at radius 1 is 1.22 bits per heavy atom. The molecule has 0 fully saturated rings. The molecule has 2 aromatic heterocycles. The van der Waals surface area contributed by atoms with Crippen molar-refractivity contribution < 1.29 is 9.21 Å². The normalized spacial score (nSPS) is 16.6. The van der Waals surface area contributed by atoms with Gasteiger partial charge in [0.15, 0.2) is 0 Å². The first-order chi connectivity index (χ1) is 13.1. The summed E-state index contributed by atoms with van der Waals surface area (Å²) in [6, 6.07) is 11.5. The van der Waals surface area contributed by atoms with E-state index in [-0.39, 0.29) is 17.4 Å². The molecule has 6 nitrogen and oxygen atoms in total. The number of fused-ring (bicyclic) bond motifs is 1. The summed E-state index contributed by atoms with van der Waals surface area (Å²) in [4.78, 5) is 25.3. The highest BCUT2D eigenvalue weighted by Gasteiger charge is 2.26. The zero-order valence-corrected chi connectivity index (χ0v) is 15.3. The third-order valence-corrected chi connectivity index (χ3v) is 5.24. The number of carbonyl (C=O) groups excluding carboxylic acids is 1. The molecule has 1 aliphatic rings. The van der Waals surface area contributed by atoms with E-state index in [9.17, 15) is 9.59 Å². The summed E-state index contributed by atoms with van der Waals surface area (Å²) < 4.78 is 6.86. The summed E-state index contributed by atoms with van der Waals surface area (Å²) in [6.07, 6.45) is 4.31. The van der Waals surface area contributed by atoms with Crippen molar-refractivity contribution in [3.8, 4) is 5.69 Å². The molecule has 1 aromatic carbocycles. The molecule has 0 saturated carbocycles. The molecule has 27 heavy (non-hydrogen) atoms. The van der Waals surface area contributed by atoms with Gasteiger partial charge < -0.3 is 9.73 Å². The molecule has 0 bridgehead atoms. The maximum absolute atomic E-state index is 12.8. The fraction of sp³-hybridized carbons (Fsp3) is 0.333. The minimum absolute atomic E-state index is 0.00880. The number of aryl methyl sites for hydroxylation is 2. The van der Waals surface area contributed by atoms with Crippen LogP contribution in [0.15, 0.2) is 51.9 Å². The zero-order valence-electron chi connectivity index (χ0n) is 15.3. The number of nitrogens with one attached hydrogen (secondary N) is 2. The maximum Gasteiger partial charge on any atom is 0.274 e. The first kappa shape index (κ1) is 17.4. The van der Waals surface area contributed by atoms with Gasteiger partial charge in [0.1, 0.15) is 5.76 Å². The number of aromatic amines is 1. The minimum Gasteiger partial charge on any atom is -0.467 e. The lowest BCUT2D eigenvalue weighted by Crippen LogP contribution is -2.30. The summed E-state index contributed by atoms with van der Waals surface area (Å²) in [5, 5.41) is 6.18. The van der Waals surface area contributed by atoms with E-state index >= 15 is 0 Å². The van der Waals surface area contributed by atoms with Crippen molar-refractivity contribution in [3.05, 3.63) is 75.6 Å². The van der Waals surface area contributed by atoms with Gasteiger partial charge in [-0.2, -0.15) is 0 Å². The van der Waals surface area contributed by atoms with Gasteiger partial charge in [-0.3, -0.25) is 14.7 Å². The lowest BCUT2D eigenvalue weighted by Gasteiger charge is -2.13. The van der Waals surface area contributed by atoms with E-state index in [1.165, 1.54) is 0 Å². The number of amides is 1. The minimum atomic E-state index is -0.0898. The highest BCUT2D eigenvalue weighted by molar-refractivity contribution is 5.78. The Kier molecular flexibility index (Phi) is 4.71. The SMILES string of the molecule is Cc1ccc(-n2[nH]c3c(c2=O)CCC(C(=O)NCc2ccco2)CC3)cc1. The third kappa shape index (κ3) is 3.60. The highest BCUT2D eigenvalue weighted by Crippen LogP contribution is 2.23. The van der Waals surface area contributed by atoms with Crippen LogP contribution in [0.25, 0.3) is 5.69 Å². The molecule has 0 saturated heterocycles. The summed E-state index contributed by atoms with van der Waals surface area (Å²) >= 11 is 0. The Morgan fingerprint density at radius 3 is 2.74 bits per heavy atom. The molecule has 2 N–H and O–H groups in total. The first-order valence-corrected chi connectivity index (χ1v) is 9.31. The maximum atomic E-state index is 12.8. The molecule has 2 heterocycles. The topological polar surface area (TPSA) is 80.0 Å². The van der Waals surface area contributed by atoms with Crippen molar-refractivity contribution in [2.75, 3.05) is 0 Å². The van der Waals surface area contributed by atoms with Crippen molar-refractivity contribution >= 4 is 5.91 Å². The van der Waals surface area contributed by atoms with Gasteiger partial charge in [-0.15, -0.1) is 0 Å². The predicted octanol–water partition coefficient (Wildman–Crippen LogP) is 2.88. The fourth-order valence-corrected chi connectivity index (χ4v) is 3.63. The number of aromatic nitrogens is 2. The van der Waals surface area contributed by atoms with Crippen LogP contribution in [0.4, 0.5) is 0 Å². The number of rotatable bonds is 4. The Bertz CT molecular complexity index is 981. The van der Waals surface area contributed by atoms with Crippen molar-refractivity contribution in [2.45, 2.75) is 39.2 Å². The van der Waals surface area contributed by atoms with Crippen LogP contribution in [0.3, 0.4) is 0 Å². The molecular formula is C21H23N3O3. The Hall–Kier alpha value is -3.02. The lowest BCUT2D eigenvalue weighted by molar-refractivity contribution is -0.125. The Morgan fingerprint density at radius 2 is 2.00 bits per heavy atom. The average molecular weight is 365 g/mol. The van der Waals surface area contributed by atoms with Gasteiger partial charge in [0.05, 0.1) is 18.5 Å². The van der Waals surface area contributed by atoms with E-state index in [0.717, 1.165) is 34.7 Å². The number of hydrogen-bond acceptors (Lipinski definition) is 3. The van der Waals surface area contributed by atoms with Crippen LogP contribution < -0.4 is 10.9 Å². The second-order valence-electron chi connectivity index (χ2n) is 7.12. The number of hydrogen-bond donors (Lipinski definition) is 2. The van der Waals surface area contributed by atoms with Crippen LogP contribution in [-0.2, 0) is 24.2 Å². The monoisotopic (exact) mass is 365 g/mol. The summed E-state index contributed by atoms with van der Waals surface area (Å²) in [7, 11) is 0. The largest absolute Gasteiger partial charge is 0.467 e. The van der Waals surface area contributed by atoms with Gasteiger partial charge in [0.2, 0.25) is 5.91 Å². The summed E-state index contributed by atoms with van der Waals surface area (Å²) in [6.45, 7) is 2.42. The van der Waals surface area contributed by atoms with E-state index in [1.54, 1.807) is 17.0 Å². The van der Waals surface area contributed by atoms with E-state index in [4.69, 9.17) is 4.42 Å². The molecule has 6 heteroatoms. The lowest BCUT2D eigenvalue weighted by atomic mass is 9.99. The molecule has 0 radical (unpaired) electrons. The van der Waals surface area contributed by atoms with Gasteiger partial charge in [0, 0.05) is 17.2 Å². The van der Waals surface area contributed by atoms with E-state index in [0.29, 0.717) is 25.8 Å². The summed E-state index contributed by atoms with van der Waals surface area (Å²) in [5.74, 6) is 0.673. The molecule has 1 aliphatic carbocycles. The Labute approximate surface area is 157 Å². The standard InChI is InChI=1S/C21H23N3O3/c1-14-4-8-16(9-5-14)24-21(26)18-10-6-15(7-11-19(18)23-24)20(25)22-13-17-3-2-12-27-17/h2-5,8-9,12,15,23H,6-7,10-11,13H2,1H3,(H,22,25). The van der Waals surface area contributed by atoms with Gasteiger partial charge in [-0.25, -0.2) is 4.68 Å². The smallest absolute Gasteiger partial charge is 0.274 e. The number of H-pyrrole nitrogens is 1. The fourth-order valence-electron chi connectivity index (χ4n) is 3.63. The number of benzene rings is 1. The number of furan rings is 1. The third-order valence-electron chi connectivity index (χ3n) is 5.24. The van der Waals surface area contributed by atoms with E-state index in [1.807, 2.05) is 37.3 Å². The molecule has 140 valence electrons. The predicted molar refractivity (Wildman–Crippen MR) is 102 cm³/mol. The van der Waals surface area contributed by atoms with Gasteiger partial charge in [-0.05, 0) is 56.9 Å². The quantitative estimate of drug-likeness (QED) is 0.698. The van der Waals surface area contributed by atoms with Crippen LogP contribution in [-0.4, -0.2) is 15.7 Å². The van der Waals surface area contributed by atoms with Gasteiger partial charge in [0.25, 0.3) is 5.56 Å². The summed E-state index contributed by atoms with van der Waals surface area (Å²) in [5.41, 5.74) is 3.74. The second kappa shape index (κ2) is 7.31. The van der Waals surface area contributed by atoms with Crippen LogP contribution in [0.1, 0.15) is 35.4 Å². The molecule has 3 aromatic rings. The molecule has 0 spiro atoms. The molecule has 1 atom stereocenters. The molecule has 1 amide bonds. The first-order valence-electron chi connectivity index (χ1n) is 9.31. The van der Waals surface area contributed by atoms with Crippen LogP contribution in [0, 0.1) is 12.8 Å².